The lowest BCUT2D eigenvalue weighted by molar-refractivity contribution is -0.161. The van der Waals surface area contributed by atoms with Crippen LogP contribution in [0.25, 0.3) is 0 Å². The Balaban J connectivity index is 5.24. The van der Waals surface area contributed by atoms with Crippen molar-refractivity contribution in [2.45, 2.75) is 439 Å². The van der Waals surface area contributed by atoms with Gasteiger partial charge in [0, 0.05) is 25.7 Å². The van der Waals surface area contributed by atoms with E-state index in [2.05, 4.69) is 48.5 Å². The fourth-order valence-corrected chi connectivity index (χ4v) is 14.0. The molecule has 6 atom stereocenters. The standard InChI is InChI=1S/C81H158O17P2/c1-8-10-11-12-13-14-15-22-28-34-43-50-57-64-80(85)98-77(69-92-79(84)63-56-49-42-37-36-40-47-54-61-74(7)9-2)71-96-100(89,90)94-67-75(82)66-93-99(87,88)95-70-76(68-91-78(83)62-55-48-41-33-30-25-27-32-39-46-53-60-73(5)6)97-81(86)65-58-51-44-35-29-24-21-19-17-16-18-20-23-26-31-38-45-52-59-72(3)4/h72-77,82H,8-71H2,1-7H3,(H,87,88)(H,89,90)/t74?,75-,76-,77-/m1/s1. The summed E-state index contributed by atoms with van der Waals surface area (Å²) in [5.74, 6) is 0.259. The summed E-state index contributed by atoms with van der Waals surface area (Å²) in [4.78, 5) is 73.0. The maximum Gasteiger partial charge on any atom is 0.472 e. The van der Waals surface area contributed by atoms with Gasteiger partial charge in [0.15, 0.2) is 12.2 Å². The number of unbranched alkanes of at least 4 members (excludes halogenated alkanes) is 46. The number of ether oxygens (including phenoxy) is 4. The number of phosphoric acid groups is 2. The van der Waals surface area contributed by atoms with E-state index in [1.807, 2.05) is 0 Å². The van der Waals surface area contributed by atoms with Gasteiger partial charge in [0.2, 0.25) is 0 Å². The van der Waals surface area contributed by atoms with Crippen LogP contribution in [0.3, 0.4) is 0 Å². The Hall–Kier alpha value is -1.94. The molecule has 0 aliphatic heterocycles. The van der Waals surface area contributed by atoms with Crippen molar-refractivity contribution >= 4 is 39.5 Å². The van der Waals surface area contributed by atoms with Crippen LogP contribution in [0, 0.1) is 17.8 Å². The molecule has 0 bridgehead atoms. The van der Waals surface area contributed by atoms with Gasteiger partial charge in [-0.2, -0.15) is 0 Å². The third kappa shape index (κ3) is 73.0. The van der Waals surface area contributed by atoms with Crippen molar-refractivity contribution < 1.29 is 80.2 Å². The lowest BCUT2D eigenvalue weighted by Crippen LogP contribution is -2.30. The highest BCUT2D eigenvalue weighted by Gasteiger charge is 2.30. The van der Waals surface area contributed by atoms with Crippen LogP contribution in [0.2, 0.25) is 0 Å². The van der Waals surface area contributed by atoms with Gasteiger partial charge in [-0.25, -0.2) is 9.13 Å². The van der Waals surface area contributed by atoms with Gasteiger partial charge >= 0.3 is 39.5 Å². The molecule has 3 N–H and O–H groups in total. The van der Waals surface area contributed by atoms with Crippen LogP contribution < -0.4 is 0 Å². The topological polar surface area (TPSA) is 237 Å². The lowest BCUT2D eigenvalue weighted by atomic mass is 9.99. The minimum Gasteiger partial charge on any atom is -0.462 e. The van der Waals surface area contributed by atoms with Crippen LogP contribution in [0.4, 0.5) is 0 Å². The van der Waals surface area contributed by atoms with E-state index in [0.29, 0.717) is 25.7 Å². The number of hydrogen-bond acceptors (Lipinski definition) is 15. The molecule has 17 nitrogen and oxygen atoms in total. The van der Waals surface area contributed by atoms with Crippen LogP contribution in [-0.4, -0.2) is 96.7 Å². The molecule has 0 fully saturated rings. The Morgan fingerprint density at radius 2 is 0.510 bits per heavy atom. The van der Waals surface area contributed by atoms with Crippen molar-refractivity contribution in [3.05, 3.63) is 0 Å². The number of aliphatic hydroxyl groups is 1. The fourth-order valence-electron chi connectivity index (χ4n) is 12.5. The van der Waals surface area contributed by atoms with Gasteiger partial charge in [-0.1, -0.05) is 370 Å². The largest absolute Gasteiger partial charge is 0.472 e. The quantitative estimate of drug-likeness (QED) is 0.0222. The van der Waals surface area contributed by atoms with Crippen LogP contribution >= 0.6 is 15.6 Å². The van der Waals surface area contributed by atoms with Crippen molar-refractivity contribution in [1.82, 2.24) is 0 Å². The van der Waals surface area contributed by atoms with Gasteiger partial charge in [-0.3, -0.25) is 37.3 Å². The Morgan fingerprint density at radius 3 is 0.760 bits per heavy atom. The molecular formula is C81H158O17P2. The molecule has 0 saturated heterocycles. The van der Waals surface area contributed by atoms with Crippen LogP contribution in [0.1, 0.15) is 421 Å². The van der Waals surface area contributed by atoms with E-state index in [9.17, 15) is 43.2 Å². The number of hydrogen-bond donors (Lipinski definition) is 3. The highest BCUT2D eigenvalue weighted by molar-refractivity contribution is 7.47. The molecule has 0 spiro atoms. The van der Waals surface area contributed by atoms with Gasteiger partial charge in [0.1, 0.15) is 19.3 Å². The Morgan fingerprint density at radius 1 is 0.290 bits per heavy atom. The van der Waals surface area contributed by atoms with Crippen LogP contribution in [0.15, 0.2) is 0 Å². The van der Waals surface area contributed by atoms with E-state index in [0.717, 1.165) is 108 Å². The molecule has 0 saturated carbocycles. The molecule has 0 aromatic heterocycles. The van der Waals surface area contributed by atoms with Crippen molar-refractivity contribution in [2.24, 2.45) is 17.8 Å². The molecule has 0 heterocycles. The summed E-state index contributed by atoms with van der Waals surface area (Å²) >= 11 is 0. The zero-order chi connectivity index (χ0) is 73.7. The molecule has 594 valence electrons. The average Bonchev–Trinajstić information content (AvgIpc) is 0.957. The summed E-state index contributed by atoms with van der Waals surface area (Å²) in [5.41, 5.74) is 0. The first-order valence-electron chi connectivity index (χ1n) is 41.9. The summed E-state index contributed by atoms with van der Waals surface area (Å²) in [6, 6.07) is 0. The number of esters is 4. The third-order valence-corrected chi connectivity index (χ3v) is 21.1. The second-order valence-electron chi connectivity index (χ2n) is 30.4. The zero-order valence-corrected chi connectivity index (χ0v) is 67.5. The smallest absolute Gasteiger partial charge is 0.462 e. The molecule has 0 aromatic rings. The summed E-state index contributed by atoms with van der Waals surface area (Å²) < 4.78 is 68.7. The Bertz CT molecular complexity index is 1940. The first kappa shape index (κ1) is 98.1. The predicted octanol–water partition coefficient (Wildman–Crippen LogP) is 24.1. The lowest BCUT2D eigenvalue weighted by Gasteiger charge is -2.21. The second kappa shape index (κ2) is 71.3. The van der Waals surface area contributed by atoms with Crippen molar-refractivity contribution in [3.63, 3.8) is 0 Å². The molecule has 19 heteroatoms. The van der Waals surface area contributed by atoms with Gasteiger partial charge < -0.3 is 33.8 Å². The van der Waals surface area contributed by atoms with E-state index >= 15 is 0 Å². The number of rotatable bonds is 79. The number of carbonyl (C=O) groups is 4. The highest BCUT2D eigenvalue weighted by Crippen LogP contribution is 2.45. The number of aliphatic hydroxyl groups excluding tert-OH is 1. The minimum atomic E-state index is -4.96. The van der Waals surface area contributed by atoms with Gasteiger partial charge in [0.05, 0.1) is 26.4 Å². The molecule has 0 amide bonds. The highest BCUT2D eigenvalue weighted by atomic mass is 31.2. The SMILES string of the molecule is CCCCCCCCCCCCCCCC(=O)O[C@H](COC(=O)CCCCCCCCCCC(C)CC)COP(=O)(O)OC[C@H](O)COP(=O)(O)OC[C@@H](COC(=O)CCCCCCCCCCCCCC(C)C)OC(=O)CCCCCCCCCCCCCCCCCCCCC(C)C. The molecular weight excluding hydrogens is 1310 g/mol. The van der Waals surface area contributed by atoms with E-state index in [1.54, 1.807) is 0 Å². The van der Waals surface area contributed by atoms with E-state index < -0.39 is 97.5 Å². The normalized spacial score (nSPS) is 14.2. The minimum absolute atomic E-state index is 0.107. The monoisotopic (exact) mass is 1470 g/mol. The van der Waals surface area contributed by atoms with Gasteiger partial charge in [-0.05, 0) is 43.4 Å². The predicted molar refractivity (Wildman–Crippen MR) is 409 cm³/mol. The van der Waals surface area contributed by atoms with Gasteiger partial charge in [0.25, 0.3) is 0 Å². The number of carbonyl (C=O) groups excluding carboxylic acids is 4. The van der Waals surface area contributed by atoms with Crippen molar-refractivity contribution in [2.75, 3.05) is 39.6 Å². The Labute approximate surface area is 613 Å². The molecule has 0 aliphatic rings. The molecule has 3 unspecified atom stereocenters. The summed E-state index contributed by atoms with van der Waals surface area (Å²) in [7, 11) is -9.92. The second-order valence-corrected chi connectivity index (χ2v) is 33.3. The maximum atomic E-state index is 13.1. The Kier molecular flexibility index (Phi) is 69.9. The summed E-state index contributed by atoms with van der Waals surface area (Å²) in [5, 5.41) is 10.6. The van der Waals surface area contributed by atoms with E-state index in [1.165, 1.54) is 231 Å². The molecule has 0 radical (unpaired) electrons. The molecule has 100 heavy (non-hydrogen) atoms. The summed E-state index contributed by atoms with van der Waals surface area (Å²) in [6.45, 7) is 12.0. The maximum absolute atomic E-state index is 13.1. The zero-order valence-electron chi connectivity index (χ0n) is 65.7. The van der Waals surface area contributed by atoms with Gasteiger partial charge in [-0.15, -0.1) is 0 Å². The average molecular weight is 1470 g/mol. The first-order chi connectivity index (χ1) is 48.3. The molecule has 0 aliphatic carbocycles. The first-order valence-corrected chi connectivity index (χ1v) is 44.9. The number of phosphoric ester groups is 2. The third-order valence-electron chi connectivity index (χ3n) is 19.2. The van der Waals surface area contributed by atoms with E-state index in [-0.39, 0.29) is 25.7 Å². The van der Waals surface area contributed by atoms with E-state index in [4.69, 9.17) is 37.0 Å². The van der Waals surface area contributed by atoms with Crippen molar-refractivity contribution in [3.8, 4) is 0 Å². The van der Waals surface area contributed by atoms with Crippen LogP contribution in [-0.2, 0) is 65.4 Å². The van der Waals surface area contributed by atoms with Crippen LogP contribution in [0.5, 0.6) is 0 Å². The fraction of sp³-hybridized carbons (Fsp3) is 0.951. The molecule has 0 aromatic carbocycles. The summed E-state index contributed by atoms with van der Waals surface area (Å²) in [6.07, 6.45) is 59.6. The van der Waals surface area contributed by atoms with Crippen molar-refractivity contribution in [1.29, 1.82) is 0 Å². The molecule has 0 rings (SSSR count).